The standard InChI is InChI=1S/C18H11Cl2N3O3/c1-8-2-4-10(7-12(8)20)23-18(26)14-15(17(25)22-23)21-13-6-9(19)3-5-11(13)16(14)24/h2-7H,1H3,(H,21,24)(H,22,25). The molecule has 6 nitrogen and oxygen atoms in total. The Bertz CT molecular complexity index is 1380. The third-order valence-electron chi connectivity index (χ3n) is 4.23. The number of hydrogen-bond donors (Lipinski definition) is 2. The monoisotopic (exact) mass is 387 g/mol. The van der Waals surface area contributed by atoms with Crippen molar-refractivity contribution in [2.75, 3.05) is 0 Å². The fourth-order valence-electron chi connectivity index (χ4n) is 2.86. The smallest absolute Gasteiger partial charge is 0.287 e. The van der Waals surface area contributed by atoms with E-state index in [1.165, 1.54) is 12.1 Å². The summed E-state index contributed by atoms with van der Waals surface area (Å²) < 4.78 is 1.02. The van der Waals surface area contributed by atoms with Crippen LogP contribution < -0.4 is 16.5 Å². The summed E-state index contributed by atoms with van der Waals surface area (Å²) in [6.07, 6.45) is 0. The number of H-pyrrole nitrogens is 2. The van der Waals surface area contributed by atoms with Crippen LogP contribution in [0.25, 0.3) is 27.5 Å². The predicted molar refractivity (Wildman–Crippen MR) is 103 cm³/mol. The molecule has 2 N–H and O–H groups in total. The van der Waals surface area contributed by atoms with Crippen LogP contribution in [0.2, 0.25) is 10.0 Å². The zero-order valence-corrected chi connectivity index (χ0v) is 14.9. The average molecular weight is 388 g/mol. The highest BCUT2D eigenvalue weighted by atomic mass is 35.5. The molecule has 4 rings (SSSR count). The minimum Gasteiger partial charge on any atom is -0.350 e. The number of nitrogens with one attached hydrogen (secondary N) is 2. The molecule has 0 radical (unpaired) electrons. The van der Waals surface area contributed by atoms with Crippen LogP contribution in [0.1, 0.15) is 5.56 Å². The normalized spacial score (nSPS) is 11.3. The summed E-state index contributed by atoms with van der Waals surface area (Å²) in [5.41, 5.74) is -0.297. The maximum Gasteiger partial charge on any atom is 0.287 e. The van der Waals surface area contributed by atoms with Crippen molar-refractivity contribution in [3.63, 3.8) is 0 Å². The number of hydrogen-bond acceptors (Lipinski definition) is 3. The first-order chi connectivity index (χ1) is 12.4. The van der Waals surface area contributed by atoms with E-state index < -0.39 is 16.5 Å². The summed E-state index contributed by atoms with van der Waals surface area (Å²) in [7, 11) is 0. The minimum atomic E-state index is -0.641. The van der Waals surface area contributed by atoms with E-state index in [1.54, 1.807) is 24.3 Å². The van der Waals surface area contributed by atoms with Gasteiger partial charge < -0.3 is 4.98 Å². The maximum absolute atomic E-state index is 12.9. The van der Waals surface area contributed by atoms with Crippen LogP contribution in [-0.4, -0.2) is 14.8 Å². The van der Waals surface area contributed by atoms with Gasteiger partial charge in [0.25, 0.3) is 11.1 Å². The van der Waals surface area contributed by atoms with Gasteiger partial charge in [-0.25, -0.2) is 4.68 Å². The number of aromatic nitrogens is 3. The molecule has 0 aliphatic heterocycles. The first-order valence-electron chi connectivity index (χ1n) is 7.64. The fraction of sp³-hybridized carbons (Fsp3) is 0.0556. The third kappa shape index (κ3) is 2.46. The zero-order chi connectivity index (χ0) is 18.6. The molecule has 4 aromatic rings. The van der Waals surface area contributed by atoms with Crippen LogP contribution in [0.5, 0.6) is 0 Å². The van der Waals surface area contributed by atoms with Crippen LogP contribution in [0.3, 0.4) is 0 Å². The van der Waals surface area contributed by atoms with Crippen molar-refractivity contribution < 1.29 is 0 Å². The summed E-state index contributed by atoms with van der Waals surface area (Å²) in [5.74, 6) is 0. The lowest BCUT2D eigenvalue weighted by Crippen LogP contribution is -2.32. The van der Waals surface area contributed by atoms with Gasteiger partial charge in [-0.15, -0.1) is 0 Å². The predicted octanol–water partition coefficient (Wildman–Crippen LogP) is 3.14. The van der Waals surface area contributed by atoms with E-state index in [2.05, 4.69) is 10.1 Å². The molecule has 2 aromatic carbocycles. The first-order valence-corrected chi connectivity index (χ1v) is 8.39. The van der Waals surface area contributed by atoms with Crippen LogP contribution in [-0.2, 0) is 0 Å². The van der Waals surface area contributed by atoms with E-state index in [1.807, 2.05) is 6.92 Å². The van der Waals surface area contributed by atoms with Crippen LogP contribution in [0, 0.1) is 6.92 Å². The van der Waals surface area contributed by atoms with Crippen molar-refractivity contribution in [2.45, 2.75) is 6.92 Å². The number of benzene rings is 2. The van der Waals surface area contributed by atoms with E-state index in [9.17, 15) is 14.4 Å². The van der Waals surface area contributed by atoms with Crippen molar-refractivity contribution in [3.8, 4) is 5.69 Å². The Kier molecular flexibility index (Phi) is 3.75. The maximum atomic E-state index is 12.9. The summed E-state index contributed by atoms with van der Waals surface area (Å²) in [4.78, 5) is 41.1. The number of pyridine rings is 1. The molecular formula is C18H11Cl2N3O3. The van der Waals surface area contributed by atoms with Gasteiger partial charge in [-0.3, -0.25) is 19.5 Å². The lowest BCUT2D eigenvalue weighted by molar-refractivity contribution is 0.799. The van der Waals surface area contributed by atoms with E-state index >= 15 is 0 Å². The van der Waals surface area contributed by atoms with Gasteiger partial charge in [0.05, 0.1) is 11.2 Å². The molecule has 2 heterocycles. The topological polar surface area (TPSA) is 87.7 Å². The summed E-state index contributed by atoms with van der Waals surface area (Å²) in [6, 6.07) is 9.51. The highest BCUT2D eigenvalue weighted by Crippen LogP contribution is 2.19. The van der Waals surface area contributed by atoms with E-state index in [0.29, 0.717) is 21.2 Å². The first kappa shape index (κ1) is 16.6. The second-order valence-electron chi connectivity index (χ2n) is 5.91. The quantitative estimate of drug-likeness (QED) is 0.491. The summed E-state index contributed by atoms with van der Waals surface area (Å²) in [6.45, 7) is 1.82. The van der Waals surface area contributed by atoms with Gasteiger partial charge >= 0.3 is 0 Å². The molecule has 8 heteroatoms. The van der Waals surface area contributed by atoms with Crippen molar-refractivity contribution >= 4 is 45.0 Å². The van der Waals surface area contributed by atoms with Crippen molar-refractivity contribution in [3.05, 3.63) is 82.9 Å². The largest absolute Gasteiger partial charge is 0.350 e. The van der Waals surface area contributed by atoms with Gasteiger partial charge in [0.15, 0.2) is 0 Å². The van der Waals surface area contributed by atoms with Crippen molar-refractivity contribution in [2.24, 2.45) is 0 Å². The van der Waals surface area contributed by atoms with Gasteiger partial charge in [-0.2, -0.15) is 0 Å². The Balaban J connectivity index is 2.16. The number of nitrogens with zero attached hydrogens (tertiary/aromatic N) is 1. The van der Waals surface area contributed by atoms with Gasteiger partial charge in [0, 0.05) is 15.4 Å². The highest BCUT2D eigenvalue weighted by molar-refractivity contribution is 6.31. The minimum absolute atomic E-state index is 0.0933. The molecule has 0 spiro atoms. The number of aryl methyl sites for hydroxylation is 1. The molecule has 0 atom stereocenters. The number of halogens is 2. The molecule has 0 fully saturated rings. The number of aromatic amines is 2. The second-order valence-corrected chi connectivity index (χ2v) is 6.75. The van der Waals surface area contributed by atoms with Gasteiger partial charge in [-0.05, 0) is 42.8 Å². The SMILES string of the molecule is Cc1ccc(-n2[nH]c(=O)c3[nH]c4cc(Cl)ccc4c(=O)c3c2=O)cc1Cl. The Labute approximate surface area is 155 Å². The average Bonchev–Trinajstić information content (AvgIpc) is 2.60. The Hall–Kier alpha value is -2.83. The molecule has 0 aliphatic carbocycles. The molecule has 0 bridgehead atoms. The molecule has 130 valence electrons. The van der Waals surface area contributed by atoms with Gasteiger partial charge in [0.2, 0.25) is 5.43 Å². The van der Waals surface area contributed by atoms with E-state index in [4.69, 9.17) is 23.2 Å². The van der Waals surface area contributed by atoms with Crippen molar-refractivity contribution in [1.29, 1.82) is 0 Å². The van der Waals surface area contributed by atoms with Crippen LogP contribution in [0.4, 0.5) is 0 Å². The van der Waals surface area contributed by atoms with Gasteiger partial charge in [-0.1, -0.05) is 29.3 Å². The molecule has 0 saturated carbocycles. The molecule has 2 aromatic heterocycles. The third-order valence-corrected chi connectivity index (χ3v) is 4.88. The molecule has 0 unspecified atom stereocenters. The molecule has 0 saturated heterocycles. The number of rotatable bonds is 1. The van der Waals surface area contributed by atoms with Crippen molar-refractivity contribution in [1.82, 2.24) is 14.8 Å². The molecule has 0 amide bonds. The zero-order valence-electron chi connectivity index (χ0n) is 13.4. The lowest BCUT2D eigenvalue weighted by atomic mass is 10.1. The second kappa shape index (κ2) is 5.86. The summed E-state index contributed by atoms with van der Waals surface area (Å²) in [5, 5.41) is 3.38. The molecular weight excluding hydrogens is 377 g/mol. The summed E-state index contributed by atoms with van der Waals surface area (Å²) >= 11 is 12.1. The lowest BCUT2D eigenvalue weighted by Gasteiger charge is -2.09. The number of fused-ring (bicyclic) bond motifs is 2. The Morgan fingerprint density at radius 3 is 2.50 bits per heavy atom. The highest BCUT2D eigenvalue weighted by Gasteiger charge is 2.15. The Morgan fingerprint density at radius 2 is 1.77 bits per heavy atom. The van der Waals surface area contributed by atoms with Crippen LogP contribution >= 0.6 is 23.2 Å². The van der Waals surface area contributed by atoms with Crippen LogP contribution in [0.15, 0.2) is 50.8 Å². The fourth-order valence-corrected chi connectivity index (χ4v) is 3.21. The molecule has 26 heavy (non-hydrogen) atoms. The Morgan fingerprint density at radius 1 is 1.00 bits per heavy atom. The van der Waals surface area contributed by atoms with Gasteiger partial charge in [0.1, 0.15) is 10.9 Å². The van der Waals surface area contributed by atoms with E-state index in [-0.39, 0.29) is 16.3 Å². The van der Waals surface area contributed by atoms with E-state index in [0.717, 1.165) is 10.2 Å². The molecule has 0 aliphatic rings.